The molecule has 0 aromatic rings. The van der Waals surface area contributed by atoms with E-state index in [4.69, 9.17) is 9.47 Å². The highest BCUT2D eigenvalue weighted by Gasteiger charge is 2.26. The zero-order valence-corrected chi connectivity index (χ0v) is 15.8. The van der Waals surface area contributed by atoms with Crippen molar-refractivity contribution < 1.29 is 19.1 Å². The molecule has 0 radical (unpaired) electrons. The van der Waals surface area contributed by atoms with E-state index in [1.54, 1.807) is 0 Å². The number of hydrogen-bond donors (Lipinski definition) is 0. The Morgan fingerprint density at radius 1 is 0.826 bits per heavy atom. The van der Waals surface area contributed by atoms with Crippen LogP contribution in [0, 0.1) is 11.3 Å². The first-order valence-corrected chi connectivity index (χ1v) is 9.12. The number of rotatable bonds is 12. The Morgan fingerprint density at radius 2 is 1.22 bits per heavy atom. The van der Waals surface area contributed by atoms with E-state index in [1.807, 2.05) is 0 Å². The van der Waals surface area contributed by atoms with Crippen LogP contribution in [0.3, 0.4) is 0 Å². The molecule has 0 aliphatic carbocycles. The van der Waals surface area contributed by atoms with Gasteiger partial charge in [0.05, 0.1) is 13.2 Å². The van der Waals surface area contributed by atoms with Gasteiger partial charge in [-0.3, -0.25) is 9.59 Å². The van der Waals surface area contributed by atoms with Crippen molar-refractivity contribution in [1.82, 2.24) is 0 Å². The van der Waals surface area contributed by atoms with Gasteiger partial charge in [0, 0.05) is 12.8 Å². The van der Waals surface area contributed by atoms with Crippen LogP contribution in [-0.4, -0.2) is 25.2 Å². The molecular weight excluding hydrogens is 292 g/mol. The lowest BCUT2D eigenvalue weighted by molar-refractivity contribution is -0.144. The Balaban J connectivity index is 4.17. The molecule has 0 aromatic carbocycles. The fraction of sp³-hybridized carbons (Fsp3) is 0.895. The van der Waals surface area contributed by atoms with E-state index in [1.165, 1.54) is 0 Å². The minimum Gasteiger partial charge on any atom is -0.466 e. The van der Waals surface area contributed by atoms with Crippen molar-refractivity contribution in [2.24, 2.45) is 11.3 Å². The summed E-state index contributed by atoms with van der Waals surface area (Å²) < 4.78 is 10.4. The summed E-state index contributed by atoms with van der Waals surface area (Å²) in [6, 6.07) is 0. The zero-order chi connectivity index (χ0) is 17.7. The fourth-order valence-electron chi connectivity index (χ4n) is 2.40. The SMILES string of the molecule is CCCCOC(=O)CCC(CCC(=O)OCCCC)C(C)(C)C. The summed E-state index contributed by atoms with van der Waals surface area (Å²) in [5, 5.41) is 0. The highest BCUT2D eigenvalue weighted by Crippen LogP contribution is 2.33. The molecule has 0 saturated heterocycles. The van der Waals surface area contributed by atoms with Gasteiger partial charge in [0.15, 0.2) is 0 Å². The topological polar surface area (TPSA) is 52.6 Å². The summed E-state index contributed by atoms with van der Waals surface area (Å²) in [7, 11) is 0. The number of ether oxygens (including phenoxy) is 2. The predicted octanol–water partition coefficient (Wildman–Crippen LogP) is 4.90. The van der Waals surface area contributed by atoms with E-state index in [0.29, 0.717) is 32.0 Å². The van der Waals surface area contributed by atoms with Gasteiger partial charge in [-0.25, -0.2) is 0 Å². The maximum Gasteiger partial charge on any atom is 0.305 e. The second-order valence-electron chi connectivity index (χ2n) is 7.29. The smallest absolute Gasteiger partial charge is 0.305 e. The number of hydrogen-bond acceptors (Lipinski definition) is 4. The van der Waals surface area contributed by atoms with E-state index >= 15 is 0 Å². The summed E-state index contributed by atoms with van der Waals surface area (Å²) >= 11 is 0. The Bertz CT molecular complexity index is 305. The van der Waals surface area contributed by atoms with Crippen LogP contribution in [-0.2, 0) is 19.1 Å². The second kappa shape index (κ2) is 12.4. The molecule has 0 aliphatic heterocycles. The van der Waals surface area contributed by atoms with E-state index in [2.05, 4.69) is 34.6 Å². The normalized spacial score (nSPS) is 11.6. The van der Waals surface area contributed by atoms with Gasteiger partial charge in [0.2, 0.25) is 0 Å². The third kappa shape index (κ3) is 12.1. The number of carbonyl (C=O) groups excluding carboxylic acids is 2. The molecule has 0 unspecified atom stereocenters. The molecule has 4 nitrogen and oxygen atoms in total. The summed E-state index contributed by atoms with van der Waals surface area (Å²) in [5.41, 5.74) is 0.0629. The first-order valence-electron chi connectivity index (χ1n) is 9.12. The van der Waals surface area contributed by atoms with Gasteiger partial charge in [-0.2, -0.15) is 0 Å². The fourth-order valence-corrected chi connectivity index (χ4v) is 2.40. The monoisotopic (exact) mass is 328 g/mol. The van der Waals surface area contributed by atoms with Crippen LogP contribution in [0.1, 0.15) is 86.0 Å². The summed E-state index contributed by atoms with van der Waals surface area (Å²) in [6.07, 6.45) is 6.26. The lowest BCUT2D eigenvalue weighted by atomic mass is 9.75. The lowest BCUT2D eigenvalue weighted by Crippen LogP contribution is -2.23. The van der Waals surface area contributed by atoms with Gasteiger partial charge < -0.3 is 9.47 Å². The molecular formula is C19H36O4. The molecule has 0 heterocycles. The largest absolute Gasteiger partial charge is 0.466 e. The van der Waals surface area contributed by atoms with E-state index in [0.717, 1.165) is 38.5 Å². The third-order valence-electron chi connectivity index (χ3n) is 4.14. The van der Waals surface area contributed by atoms with Crippen molar-refractivity contribution in [3.05, 3.63) is 0 Å². The predicted molar refractivity (Wildman–Crippen MR) is 93.1 cm³/mol. The second-order valence-corrected chi connectivity index (χ2v) is 7.29. The van der Waals surface area contributed by atoms with Crippen molar-refractivity contribution in [2.75, 3.05) is 13.2 Å². The third-order valence-corrected chi connectivity index (χ3v) is 4.14. The standard InChI is InChI=1S/C19H36O4/c1-6-8-14-22-17(20)12-10-16(19(3,4)5)11-13-18(21)23-15-9-7-2/h16H,6-15H2,1-5H3. The molecule has 0 spiro atoms. The summed E-state index contributed by atoms with van der Waals surface area (Å²) in [6.45, 7) is 11.6. The molecule has 0 N–H and O–H groups in total. The van der Waals surface area contributed by atoms with Gasteiger partial charge in [0.25, 0.3) is 0 Å². The average Bonchev–Trinajstić information content (AvgIpc) is 2.46. The first-order chi connectivity index (χ1) is 10.8. The van der Waals surface area contributed by atoms with Crippen LogP contribution in [0.4, 0.5) is 0 Å². The van der Waals surface area contributed by atoms with Crippen molar-refractivity contribution in [1.29, 1.82) is 0 Å². The van der Waals surface area contributed by atoms with Gasteiger partial charge >= 0.3 is 11.9 Å². The van der Waals surface area contributed by atoms with Crippen molar-refractivity contribution >= 4 is 11.9 Å². The van der Waals surface area contributed by atoms with E-state index in [9.17, 15) is 9.59 Å². The Labute approximate surface area is 142 Å². The molecule has 0 aliphatic rings. The number of esters is 2. The first kappa shape index (κ1) is 21.9. The van der Waals surface area contributed by atoms with Gasteiger partial charge in [-0.1, -0.05) is 47.5 Å². The minimum absolute atomic E-state index is 0.0629. The number of unbranched alkanes of at least 4 members (excludes halogenated alkanes) is 2. The summed E-state index contributed by atoms with van der Waals surface area (Å²) in [5.74, 6) is 0.0522. The molecule has 0 aromatic heterocycles. The van der Waals surface area contributed by atoms with Crippen LogP contribution in [0.5, 0.6) is 0 Å². The quantitative estimate of drug-likeness (QED) is 0.378. The molecule has 0 fully saturated rings. The number of carbonyl (C=O) groups is 2. The maximum atomic E-state index is 11.7. The van der Waals surface area contributed by atoms with Crippen molar-refractivity contribution in [2.45, 2.75) is 86.0 Å². The lowest BCUT2D eigenvalue weighted by Gasteiger charge is -2.30. The summed E-state index contributed by atoms with van der Waals surface area (Å²) in [4.78, 5) is 23.5. The van der Waals surface area contributed by atoms with Crippen molar-refractivity contribution in [3.8, 4) is 0 Å². The van der Waals surface area contributed by atoms with Crippen LogP contribution >= 0.6 is 0 Å². The zero-order valence-electron chi connectivity index (χ0n) is 15.8. The van der Waals surface area contributed by atoms with E-state index < -0.39 is 0 Å². The van der Waals surface area contributed by atoms with Gasteiger partial charge in [-0.15, -0.1) is 0 Å². The van der Waals surface area contributed by atoms with Gasteiger partial charge in [0.1, 0.15) is 0 Å². The molecule has 0 saturated carbocycles. The van der Waals surface area contributed by atoms with Crippen molar-refractivity contribution in [3.63, 3.8) is 0 Å². The molecule has 0 amide bonds. The molecule has 4 heteroatoms. The highest BCUT2D eigenvalue weighted by molar-refractivity contribution is 5.70. The molecule has 23 heavy (non-hydrogen) atoms. The Hall–Kier alpha value is -1.06. The molecule has 0 rings (SSSR count). The molecule has 136 valence electrons. The highest BCUT2D eigenvalue weighted by atomic mass is 16.5. The van der Waals surface area contributed by atoms with E-state index in [-0.39, 0.29) is 17.4 Å². The molecule has 0 bridgehead atoms. The molecule has 0 atom stereocenters. The van der Waals surface area contributed by atoms with Crippen LogP contribution in [0.15, 0.2) is 0 Å². The van der Waals surface area contributed by atoms with Crippen LogP contribution in [0.2, 0.25) is 0 Å². The Kier molecular flexibility index (Phi) is 11.8. The van der Waals surface area contributed by atoms with Crippen LogP contribution in [0.25, 0.3) is 0 Å². The van der Waals surface area contributed by atoms with Gasteiger partial charge in [-0.05, 0) is 37.0 Å². The van der Waals surface area contributed by atoms with Crippen LogP contribution < -0.4 is 0 Å². The minimum atomic E-state index is -0.127. The Morgan fingerprint density at radius 3 is 1.52 bits per heavy atom. The average molecular weight is 328 g/mol. The maximum absolute atomic E-state index is 11.7.